The molecule has 10 aliphatic rings. The summed E-state index contributed by atoms with van der Waals surface area (Å²) in [5.74, 6) is 15.1. The van der Waals surface area contributed by atoms with Crippen LogP contribution in [0.1, 0.15) is 48.5 Å². The molecule has 0 unspecified atom stereocenters. The monoisotopic (exact) mass is 1230 g/mol. The molecule has 12 heterocycles. The fourth-order valence-electron chi connectivity index (χ4n) is 11.1. The third-order valence-electron chi connectivity index (χ3n) is 15.7. The molecular weight excluding hydrogens is 1160 g/mol. The molecular formula is C72H74N12O8. The van der Waals surface area contributed by atoms with Gasteiger partial charge in [-0.2, -0.15) is 0 Å². The Kier molecular flexibility index (Phi) is 21.1. The Hall–Kier alpha value is -9.58. The topological polar surface area (TPSA) is 210 Å². The third-order valence-corrected chi connectivity index (χ3v) is 15.7. The summed E-state index contributed by atoms with van der Waals surface area (Å²) < 4.78 is 44.8. The number of aromatic nitrogens is 2. The molecule has 20 nitrogen and oxygen atoms in total. The van der Waals surface area contributed by atoms with Gasteiger partial charge in [-0.05, 0) is 159 Å². The van der Waals surface area contributed by atoms with E-state index in [1.54, 1.807) is 14.2 Å². The van der Waals surface area contributed by atoms with Crippen LogP contribution in [0.4, 0.5) is 0 Å². The predicted molar refractivity (Wildman–Crippen MR) is 362 cm³/mol. The number of fused-ring (bicyclic) bond motifs is 10. The van der Waals surface area contributed by atoms with E-state index in [-0.39, 0.29) is 0 Å². The van der Waals surface area contributed by atoms with Crippen LogP contribution in [0, 0.1) is 23.7 Å². The first-order valence-electron chi connectivity index (χ1n) is 31.0. The summed E-state index contributed by atoms with van der Waals surface area (Å²) >= 11 is 0. The SMILES string of the molecule is COCCOCCOCCOCCCC1=C2C=CC(=N2)/C(=C2/NC=CN2C)c2ccc([nH]2)C=C2C=CC(=N2)C(C#CC#CC2=C3C=CC(=N3)C(CCCOCCOCCOCCOC)=C3C=CC(=N3)/C(=C3\NC=CN3C)c3ccc([nH]3)C=C3C=CC2=N3)=C2C=CC1=N2. The number of aliphatic imine (C=N–C) groups is 6. The Morgan fingerprint density at radius 1 is 0.391 bits per heavy atom. The van der Waals surface area contributed by atoms with E-state index in [9.17, 15) is 0 Å². The fourth-order valence-corrected chi connectivity index (χ4v) is 11.1. The van der Waals surface area contributed by atoms with Gasteiger partial charge in [0.2, 0.25) is 0 Å². The summed E-state index contributed by atoms with van der Waals surface area (Å²) in [5, 5.41) is 6.89. The second-order valence-corrected chi connectivity index (χ2v) is 22.0. The first-order chi connectivity index (χ1) is 45.4. The van der Waals surface area contributed by atoms with Gasteiger partial charge in [0.1, 0.15) is 11.6 Å². The smallest absolute Gasteiger partial charge is 0.121 e. The van der Waals surface area contributed by atoms with Gasteiger partial charge in [-0.15, -0.1) is 0 Å². The van der Waals surface area contributed by atoms with Gasteiger partial charge in [-0.3, -0.25) is 0 Å². The molecule has 2 aromatic heterocycles. The molecule has 0 amide bonds. The molecule has 0 atom stereocenters. The molecule has 470 valence electrons. The minimum Gasteiger partial charge on any atom is -0.382 e. The molecule has 0 aliphatic carbocycles. The van der Waals surface area contributed by atoms with Crippen molar-refractivity contribution < 1.29 is 37.9 Å². The maximum Gasteiger partial charge on any atom is 0.121 e. The maximum atomic E-state index is 6.07. The Morgan fingerprint density at radius 2 is 0.761 bits per heavy atom. The molecule has 16 bridgehead atoms. The number of hydrogen-bond donors (Lipinski definition) is 4. The van der Waals surface area contributed by atoms with Crippen LogP contribution in [0.3, 0.4) is 0 Å². The summed E-state index contributed by atoms with van der Waals surface area (Å²) in [7, 11) is 7.35. The van der Waals surface area contributed by atoms with Crippen molar-refractivity contribution in [1.29, 1.82) is 0 Å². The Labute approximate surface area is 536 Å². The summed E-state index contributed by atoms with van der Waals surface area (Å²) in [6.07, 6.45) is 38.9. The minimum absolute atomic E-state index is 0.464. The molecule has 0 radical (unpaired) electrons. The number of allylic oxidation sites excluding steroid dienone is 18. The van der Waals surface area contributed by atoms with E-state index in [2.05, 4.69) is 103 Å². The van der Waals surface area contributed by atoms with Gasteiger partial charge in [0.15, 0.2) is 0 Å². The van der Waals surface area contributed by atoms with E-state index in [1.807, 2.05) is 99.7 Å². The van der Waals surface area contributed by atoms with Crippen LogP contribution in [-0.4, -0.2) is 175 Å². The highest BCUT2D eigenvalue weighted by molar-refractivity contribution is 6.32. The van der Waals surface area contributed by atoms with Gasteiger partial charge in [0.05, 0.1) is 181 Å². The van der Waals surface area contributed by atoms with Crippen molar-refractivity contribution >= 4 is 57.6 Å². The lowest BCUT2D eigenvalue weighted by Gasteiger charge is -2.17. The maximum absolute atomic E-state index is 6.07. The number of methoxy groups -OCH3 is 2. The highest BCUT2D eigenvalue weighted by atomic mass is 16.6. The first-order valence-corrected chi connectivity index (χ1v) is 31.0. The Balaban J connectivity index is 0.866. The molecule has 0 spiro atoms. The predicted octanol–water partition coefficient (Wildman–Crippen LogP) is 9.14. The molecule has 0 fully saturated rings. The normalized spacial score (nSPS) is 19.7. The van der Waals surface area contributed by atoms with Crippen molar-refractivity contribution in [3.05, 3.63) is 213 Å². The molecule has 20 heteroatoms. The number of nitrogens with zero attached hydrogens (tertiary/aromatic N) is 8. The van der Waals surface area contributed by atoms with E-state index in [0.717, 1.165) is 115 Å². The number of aromatic amines is 2. The quantitative estimate of drug-likeness (QED) is 0.0514. The van der Waals surface area contributed by atoms with Gasteiger partial charge < -0.3 is 68.3 Å². The third kappa shape index (κ3) is 15.4. The van der Waals surface area contributed by atoms with Crippen molar-refractivity contribution in [3.63, 3.8) is 0 Å². The second-order valence-electron chi connectivity index (χ2n) is 22.0. The number of hydrogen-bond acceptors (Lipinski definition) is 18. The van der Waals surface area contributed by atoms with E-state index >= 15 is 0 Å². The van der Waals surface area contributed by atoms with Gasteiger partial charge in [0.25, 0.3) is 0 Å². The second kappa shape index (κ2) is 31.0. The van der Waals surface area contributed by atoms with Crippen molar-refractivity contribution in [2.45, 2.75) is 25.7 Å². The standard InChI is InChI=1S/C72H74N12O8/c1-83-31-29-73-71(83)69-65-19-15-51(77-65)47-49-13-17-57(75-49)53(59-21-23-61(79-59)55(63-25-27-67(69)81-63)11-7-33-87-39-41-91-45-43-89-37-35-85-3)9-5-6-10-54-58-18-14-50(76-58)48-52-16-20-66(78-52)70(72-74-30-32-84(72)2)68-28-26-64(82-68)56(62-24-22-60(54)80-62)12-8-34-88-40-42-92-46-44-90-38-36-86-4/h13-32,47-48,73-74,77-78H,7-8,11-12,33-46H2,1-4H3/b49-47?,50-48?,59-53?,60-54?,63-55?,64-56?,71-69-,72-70+. The van der Waals surface area contributed by atoms with Gasteiger partial charge >= 0.3 is 0 Å². The molecule has 10 aliphatic heterocycles. The fraction of sp³-hybridized carbons (Fsp3) is 0.306. The lowest BCUT2D eigenvalue weighted by Crippen LogP contribution is -2.19. The van der Waals surface area contributed by atoms with E-state index in [4.69, 9.17) is 67.8 Å². The van der Waals surface area contributed by atoms with E-state index < -0.39 is 0 Å². The van der Waals surface area contributed by atoms with Crippen LogP contribution >= 0.6 is 0 Å². The van der Waals surface area contributed by atoms with Gasteiger partial charge in [0, 0.05) is 88.9 Å². The number of ether oxygens (including phenoxy) is 8. The van der Waals surface area contributed by atoms with Gasteiger partial charge in [-0.25, -0.2) is 30.0 Å². The lowest BCUT2D eigenvalue weighted by atomic mass is 10.0. The largest absolute Gasteiger partial charge is 0.382 e. The minimum atomic E-state index is 0.464. The Bertz CT molecular complexity index is 3820. The molecule has 12 rings (SSSR count). The molecule has 92 heavy (non-hydrogen) atoms. The average molecular weight is 1240 g/mol. The van der Waals surface area contributed by atoms with Gasteiger partial charge in [-0.1, -0.05) is 0 Å². The number of nitrogens with one attached hydrogen (secondary N) is 4. The van der Waals surface area contributed by atoms with Crippen LogP contribution in [-0.2, 0) is 37.9 Å². The van der Waals surface area contributed by atoms with Crippen LogP contribution in [0.2, 0.25) is 0 Å². The van der Waals surface area contributed by atoms with Crippen LogP contribution in [0.5, 0.6) is 0 Å². The van der Waals surface area contributed by atoms with Crippen molar-refractivity contribution in [2.24, 2.45) is 30.0 Å². The molecule has 4 N–H and O–H groups in total. The zero-order valence-electron chi connectivity index (χ0n) is 52.3. The molecule has 0 aromatic carbocycles. The number of H-pyrrole nitrogens is 2. The van der Waals surface area contributed by atoms with Crippen molar-refractivity contribution in [1.82, 2.24) is 30.4 Å². The summed E-state index contributed by atoms with van der Waals surface area (Å²) in [4.78, 5) is 43.0. The Morgan fingerprint density at radius 3 is 1.16 bits per heavy atom. The van der Waals surface area contributed by atoms with Crippen LogP contribution in [0.15, 0.2) is 220 Å². The van der Waals surface area contributed by atoms with Crippen LogP contribution < -0.4 is 10.6 Å². The zero-order valence-corrected chi connectivity index (χ0v) is 52.3. The van der Waals surface area contributed by atoms with Crippen molar-refractivity contribution in [2.75, 3.05) is 121 Å². The van der Waals surface area contributed by atoms with Crippen molar-refractivity contribution in [3.8, 4) is 23.7 Å². The zero-order chi connectivity index (χ0) is 62.9. The molecule has 0 saturated carbocycles. The van der Waals surface area contributed by atoms with Crippen LogP contribution in [0.25, 0.3) is 23.3 Å². The average Bonchev–Trinajstić information content (AvgIpc) is 1.84. The molecule has 2 aromatic rings. The lowest BCUT2D eigenvalue weighted by molar-refractivity contribution is 0.00346. The number of rotatable bonds is 26. The van der Waals surface area contributed by atoms with E-state index in [0.29, 0.717) is 139 Å². The van der Waals surface area contributed by atoms with E-state index in [1.165, 1.54) is 0 Å². The summed E-state index contributed by atoms with van der Waals surface area (Å²) in [6.45, 7) is 7.07. The highest BCUT2D eigenvalue weighted by Crippen LogP contribution is 2.35. The first kappa shape index (κ1) is 62.6. The molecule has 0 saturated heterocycles. The summed E-state index contributed by atoms with van der Waals surface area (Å²) in [5.41, 5.74) is 17.6. The highest BCUT2D eigenvalue weighted by Gasteiger charge is 2.28. The summed E-state index contributed by atoms with van der Waals surface area (Å²) in [6, 6.07) is 8.27.